The van der Waals surface area contributed by atoms with Crippen LogP contribution in [0.1, 0.15) is 105 Å². The van der Waals surface area contributed by atoms with Gasteiger partial charge in [0.05, 0.1) is 6.61 Å². The lowest BCUT2D eigenvalue weighted by Crippen LogP contribution is -2.63. The summed E-state index contributed by atoms with van der Waals surface area (Å²) in [6.45, 7) is 6.94. The number of ether oxygens (including phenoxy) is 1. The summed E-state index contributed by atoms with van der Waals surface area (Å²) >= 11 is 1.58. The number of carboxylic acid groups (broad SMARTS) is 1. The van der Waals surface area contributed by atoms with Crippen molar-refractivity contribution in [2.75, 3.05) is 11.9 Å². The first-order chi connectivity index (χ1) is 24.5. The van der Waals surface area contributed by atoms with Gasteiger partial charge in [-0.05, 0) is 128 Å². The van der Waals surface area contributed by atoms with Crippen LogP contribution in [-0.4, -0.2) is 40.0 Å². The first-order valence-corrected chi connectivity index (χ1v) is 18.9. The minimum absolute atomic E-state index is 0.0592. The van der Waals surface area contributed by atoms with Gasteiger partial charge in [0.25, 0.3) is 11.8 Å². The molecule has 9 rings (SSSR count). The summed E-state index contributed by atoms with van der Waals surface area (Å²) in [5, 5.41) is 19.0. The van der Waals surface area contributed by atoms with E-state index >= 15 is 0 Å². The number of anilines is 1. The number of nitrogens with two attached hydrogens (primary N) is 1. The Balaban J connectivity index is 1.19. The lowest BCUT2D eigenvalue weighted by Gasteiger charge is -2.62. The number of aromatic nitrogens is 1. The van der Waals surface area contributed by atoms with Gasteiger partial charge in [-0.25, -0.2) is 9.78 Å². The number of rotatable bonds is 8. The number of nitrogens with zero attached hydrogens (tertiary/aromatic N) is 1. The van der Waals surface area contributed by atoms with Crippen LogP contribution in [0.2, 0.25) is 0 Å². The highest BCUT2D eigenvalue weighted by atomic mass is 32.1. The van der Waals surface area contributed by atoms with Crippen molar-refractivity contribution in [2.45, 2.75) is 84.2 Å². The zero-order valence-electron chi connectivity index (χ0n) is 29.4. The normalized spacial score (nSPS) is 24.2. The largest absolute Gasteiger partial charge is 0.493 e. The molecule has 0 spiro atoms. The summed E-state index contributed by atoms with van der Waals surface area (Å²) in [4.78, 5) is 46.7. The Bertz CT molecular complexity index is 2070. The van der Waals surface area contributed by atoms with E-state index in [1.54, 1.807) is 35.6 Å². The van der Waals surface area contributed by atoms with E-state index in [2.05, 4.69) is 28.6 Å². The highest BCUT2D eigenvalue weighted by Crippen LogP contribution is 2.62. The van der Waals surface area contributed by atoms with Crippen LogP contribution >= 0.6 is 11.3 Å². The monoisotopic (exact) mass is 704 g/mol. The lowest BCUT2D eigenvalue weighted by molar-refractivity contribution is -0.0795. The molecule has 2 aromatic carbocycles. The third-order valence-corrected chi connectivity index (χ3v) is 13.0. The molecule has 2 aromatic heterocycles. The average molecular weight is 705 g/mol. The summed E-state index contributed by atoms with van der Waals surface area (Å²) < 4.78 is 6.21. The van der Waals surface area contributed by atoms with Gasteiger partial charge < -0.3 is 26.2 Å². The van der Waals surface area contributed by atoms with E-state index in [-0.39, 0.29) is 39.4 Å². The topological polar surface area (TPSA) is 144 Å². The van der Waals surface area contributed by atoms with Crippen LogP contribution in [0, 0.1) is 31.1 Å². The molecule has 264 valence electrons. The zero-order chi connectivity index (χ0) is 35.7. The van der Waals surface area contributed by atoms with Crippen molar-refractivity contribution in [3.63, 3.8) is 0 Å². The van der Waals surface area contributed by atoms with E-state index in [0.717, 1.165) is 58.4 Å². The Labute approximate surface area is 302 Å². The van der Waals surface area contributed by atoms with Gasteiger partial charge in [0.2, 0.25) is 0 Å². The molecule has 1 aliphatic heterocycles. The third-order valence-electron chi connectivity index (χ3n) is 12.0. The minimum Gasteiger partial charge on any atom is -0.493 e. The Morgan fingerprint density at radius 1 is 0.980 bits per heavy atom. The maximum atomic E-state index is 14.3. The summed E-state index contributed by atoms with van der Waals surface area (Å²) in [6, 6.07) is 12.7. The Morgan fingerprint density at radius 3 is 2.41 bits per heavy atom. The number of amides is 2. The molecule has 0 radical (unpaired) electrons. The van der Waals surface area contributed by atoms with Crippen molar-refractivity contribution in [3.05, 3.63) is 87.0 Å². The van der Waals surface area contributed by atoms with Crippen molar-refractivity contribution >= 4 is 34.8 Å². The molecule has 10 heteroatoms. The first-order valence-electron chi connectivity index (χ1n) is 18.1. The number of aryl methyl sites for hydroxylation is 2. The number of hydrogen-bond donors (Lipinski definition) is 4. The van der Waals surface area contributed by atoms with Crippen LogP contribution < -0.4 is 21.1 Å². The summed E-state index contributed by atoms with van der Waals surface area (Å²) in [6.07, 6.45) is 8.43. The number of hydrogen-bond acceptors (Lipinski definition) is 7. The number of carbonyl (C=O) groups excluding carboxylic acids is 2. The number of carboxylic acids is 1. The fraction of sp³-hybridized carbons (Fsp3) is 0.415. The molecular formula is C41H44N4O5S. The van der Waals surface area contributed by atoms with Crippen molar-refractivity contribution in [1.82, 2.24) is 10.3 Å². The average Bonchev–Trinajstić information content (AvgIpc) is 3.49. The van der Waals surface area contributed by atoms with Crippen LogP contribution in [0.3, 0.4) is 0 Å². The smallest absolute Gasteiger partial charge is 0.355 e. The van der Waals surface area contributed by atoms with Gasteiger partial charge >= 0.3 is 5.97 Å². The van der Waals surface area contributed by atoms with Crippen LogP contribution in [-0.2, 0) is 13.0 Å². The molecule has 5 aliphatic rings. The molecule has 4 aliphatic carbocycles. The predicted octanol–water partition coefficient (Wildman–Crippen LogP) is 7.92. The fourth-order valence-electron chi connectivity index (χ4n) is 10.2. The van der Waals surface area contributed by atoms with Gasteiger partial charge in [-0.15, -0.1) is 11.3 Å². The molecule has 4 aromatic rings. The quantitative estimate of drug-likeness (QED) is 0.146. The van der Waals surface area contributed by atoms with E-state index in [1.807, 2.05) is 31.4 Å². The molecule has 4 bridgehead atoms. The SMILES string of the molecule is CCC12CC3CC(C1)CC(NC(=O)c1ccc(-c4cc5c(cc4C(=O)Nc4c(C)cc(CN)cc4C)-c4sccc4CCO5)c(C(=O)O)n1)(C3)C2. The Morgan fingerprint density at radius 2 is 1.73 bits per heavy atom. The molecule has 51 heavy (non-hydrogen) atoms. The lowest BCUT2D eigenvalue weighted by atomic mass is 9.46. The summed E-state index contributed by atoms with van der Waals surface area (Å²) in [5.74, 6) is -0.233. The van der Waals surface area contributed by atoms with Gasteiger partial charge in [0.15, 0.2) is 5.69 Å². The minimum atomic E-state index is -1.29. The van der Waals surface area contributed by atoms with Crippen molar-refractivity contribution in [1.29, 1.82) is 0 Å². The van der Waals surface area contributed by atoms with E-state index in [4.69, 9.17) is 10.5 Å². The molecule has 2 amide bonds. The Kier molecular flexibility index (Phi) is 8.30. The number of pyridine rings is 1. The second-order valence-electron chi connectivity index (χ2n) is 15.5. The molecule has 2 unspecified atom stereocenters. The molecular weight excluding hydrogens is 661 g/mol. The zero-order valence-corrected chi connectivity index (χ0v) is 30.2. The van der Waals surface area contributed by atoms with E-state index in [0.29, 0.717) is 48.4 Å². The van der Waals surface area contributed by atoms with E-state index in [1.165, 1.54) is 19.3 Å². The predicted molar refractivity (Wildman–Crippen MR) is 199 cm³/mol. The third kappa shape index (κ3) is 5.92. The molecule has 3 heterocycles. The fourth-order valence-corrected chi connectivity index (χ4v) is 11.1. The molecule has 0 saturated heterocycles. The van der Waals surface area contributed by atoms with Gasteiger partial charge in [-0.3, -0.25) is 9.59 Å². The number of nitrogens with one attached hydrogen (secondary N) is 2. The van der Waals surface area contributed by atoms with Crippen molar-refractivity contribution in [3.8, 4) is 27.3 Å². The number of carbonyl (C=O) groups is 3. The molecule has 9 nitrogen and oxygen atoms in total. The van der Waals surface area contributed by atoms with Crippen LogP contribution in [0.25, 0.3) is 21.6 Å². The highest BCUT2D eigenvalue weighted by molar-refractivity contribution is 7.13. The van der Waals surface area contributed by atoms with Crippen molar-refractivity contribution in [2.24, 2.45) is 23.0 Å². The number of thiophene rings is 1. The van der Waals surface area contributed by atoms with Crippen LogP contribution in [0.4, 0.5) is 5.69 Å². The van der Waals surface area contributed by atoms with Gasteiger partial charge in [0.1, 0.15) is 11.4 Å². The first kappa shape index (κ1) is 33.6. The van der Waals surface area contributed by atoms with E-state index < -0.39 is 11.9 Å². The van der Waals surface area contributed by atoms with Gasteiger partial charge in [-0.2, -0.15) is 0 Å². The number of aromatic carboxylic acids is 1. The summed E-state index contributed by atoms with van der Waals surface area (Å²) in [5.41, 5.74) is 11.8. The van der Waals surface area contributed by atoms with Gasteiger partial charge in [-0.1, -0.05) is 25.5 Å². The maximum Gasteiger partial charge on any atom is 0.355 e. The van der Waals surface area contributed by atoms with Gasteiger partial charge in [0, 0.05) is 51.3 Å². The van der Waals surface area contributed by atoms with Crippen molar-refractivity contribution < 1.29 is 24.2 Å². The molecule has 5 N–H and O–H groups in total. The maximum absolute atomic E-state index is 14.3. The molecule has 2 atom stereocenters. The highest BCUT2D eigenvalue weighted by Gasteiger charge is 2.57. The Hall–Kier alpha value is -4.54. The van der Waals surface area contributed by atoms with Crippen LogP contribution in [0.5, 0.6) is 5.75 Å². The number of fused-ring (bicyclic) bond motifs is 3. The second-order valence-corrected chi connectivity index (χ2v) is 16.4. The van der Waals surface area contributed by atoms with Crippen LogP contribution in [0.15, 0.2) is 47.8 Å². The molecule has 4 fully saturated rings. The second kappa shape index (κ2) is 12.6. The van der Waals surface area contributed by atoms with E-state index in [9.17, 15) is 19.5 Å². The summed E-state index contributed by atoms with van der Waals surface area (Å²) in [7, 11) is 0. The number of benzene rings is 2. The standard InChI is InChI=1S/C41H44N4O5S/c1-4-40-16-25-13-26(17-40)19-41(18-25,21-40)45-38(47)32-6-5-28(35(43-32)39(48)49)29-15-33-31(36-27(7-9-50-33)8-10-51-36)14-30(29)37(46)44-34-22(2)11-24(20-42)12-23(34)3/h5-6,8,10-12,14-15,25-26H,4,7,9,13,16-21,42H2,1-3H3,(H,44,46)(H,45,47)(H,48,49). The molecule has 4 saturated carbocycles.